The lowest BCUT2D eigenvalue weighted by molar-refractivity contribution is -0.384. The van der Waals surface area contributed by atoms with Crippen molar-refractivity contribution >= 4 is 28.6 Å². The SMILES string of the molecule is COc1cc(C(=O)Nc2cc([N+](=O)[O-])ccc2C)ccc1OCc1cscn1. The molecule has 28 heavy (non-hydrogen) atoms. The number of rotatable bonds is 7. The number of nitrogens with one attached hydrogen (secondary N) is 1. The second-order valence-corrected chi connectivity index (χ2v) is 6.56. The minimum atomic E-state index is -0.507. The van der Waals surface area contributed by atoms with E-state index in [0.717, 1.165) is 5.69 Å². The third kappa shape index (κ3) is 4.44. The number of nitro groups is 1. The summed E-state index contributed by atoms with van der Waals surface area (Å²) >= 11 is 1.48. The average molecular weight is 399 g/mol. The van der Waals surface area contributed by atoms with Crippen LogP contribution < -0.4 is 14.8 Å². The maximum Gasteiger partial charge on any atom is 0.271 e. The van der Waals surface area contributed by atoms with Crippen molar-refractivity contribution in [1.82, 2.24) is 4.98 Å². The molecule has 8 nitrogen and oxygen atoms in total. The number of hydrogen-bond donors (Lipinski definition) is 1. The van der Waals surface area contributed by atoms with Gasteiger partial charge in [-0.05, 0) is 30.7 Å². The molecule has 3 aromatic rings. The van der Waals surface area contributed by atoms with E-state index in [-0.39, 0.29) is 12.3 Å². The van der Waals surface area contributed by atoms with E-state index in [1.54, 1.807) is 36.7 Å². The second-order valence-electron chi connectivity index (χ2n) is 5.84. The van der Waals surface area contributed by atoms with Crippen molar-refractivity contribution in [3.05, 3.63) is 74.2 Å². The van der Waals surface area contributed by atoms with Crippen molar-refractivity contribution in [3.63, 3.8) is 0 Å². The van der Waals surface area contributed by atoms with E-state index in [9.17, 15) is 14.9 Å². The molecule has 1 aromatic heterocycles. The van der Waals surface area contributed by atoms with Crippen LogP contribution in [0.15, 0.2) is 47.3 Å². The summed E-state index contributed by atoms with van der Waals surface area (Å²) < 4.78 is 11.0. The van der Waals surface area contributed by atoms with Gasteiger partial charge < -0.3 is 14.8 Å². The minimum Gasteiger partial charge on any atom is -0.493 e. The van der Waals surface area contributed by atoms with Crippen LogP contribution in [0, 0.1) is 17.0 Å². The minimum absolute atomic E-state index is 0.0933. The number of thiazole rings is 1. The third-order valence-electron chi connectivity index (χ3n) is 3.97. The lowest BCUT2D eigenvalue weighted by atomic mass is 10.1. The van der Waals surface area contributed by atoms with Gasteiger partial charge in [0.05, 0.1) is 28.9 Å². The van der Waals surface area contributed by atoms with Crippen molar-refractivity contribution in [2.45, 2.75) is 13.5 Å². The van der Waals surface area contributed by atoms with Crippen LogP contribution in [-0.2, 0) is 6.61 Å². The Morgan fingerprint density at radius 2 is 2.07 bits per heavy atom. The van der Waals surface area contributed by atoms with Crippen LogP contribution in [0.4, 0.5) is 11.4 Å². The zero-order valence-electron chi connectivity index (χ0n) is 15.2. The summed E-state index contributed by atoms with van der Waals surface area (Å²) in [4.78, 5) is 27.2. The summed E-state index contributed by atoms with van der Waals surface area (Å²) in [5, 5.41) is 15.5. The number of nitro benzene ring substituents is 1. The first-order chi connectivity index (χ1) is 13.5. The molecule has 0 aliphatic carbocycles. The number of carbonyl (C=O) groups excluding carboxylic acids is 1. The molecule has 1 heterocycles. The average Bonchev–Trinajstić information content (AvgIpc) is 3.21. The molecule has 0 fully saturated rings. The molecular weight excluding hydrogens is 382 g/mol. The fraction of sp³-hybridized carbons (Fsp3) is 0.158. The largest absolute Gasteiger partial charge is 0.493 e. The molecular formula is C19H17N3O5S. The Labute approximate surface area is 164 Å². The molecule has 0 spiro atoms. The van der Waals surface area contributed by atoms with Gasteiger partial charge in [0.2, 0.25) is 0 Å². The van der Waals surface area contributed by atoms with Crippen LogP contribution in [0.3, 0.4) is 0 Å². The first kappa shape index (κ1) is 19.3. The van der Waals surface area contributed by atoms with Gasteiger partial charge in [-0.25, -0.2) is 4.98 Å². The molecule has 0 aliphatic heterocycles. The molecule has 2 aromatic carbocycles. The lowest BCUT2D eigenvalue weighted by Gasteiger charge is -2.12. The Morgan fingerprint density at radius 1 is 1.25 bits per heavy atom. The number of non-ortho nitro benzene ring substituents is 1. The van der Waals surface area contributed by atoms with Crippen molar-refractivity contribution < 1.29 is 19.2 Å². The fourth-order valence-corrected chi connectivity index (χ4v) is 2.98. The van der Waals surface area contributed by atoms with Gasteiger partial charge in [-0.15, -0.1) is 11.3 Å². The number of methoxy groups -OCH3 is 1. The number of aryl methyl sites for hydroxylation is 1. The summed E-state index contributed by atoms with van der Waals surface area (Å²) in [6, 6.07) is 9.10. The standard InChI is InChI=1S/C19H17N3O5S/c1-12-3-5-15(22(24)25)8-16(12)21-19(23)13-4-6-17(18(7-13)26-2)27-9-14-10-28-11-20-14/h3-8,10-11H,9H2,1-2H3,(H,21,23). The molecule has 144 valence electrons. The van der Waals surface area contributed by atoms with Crippen molar-refractivity contribution in [2.24, 2.45) is 0 Å². The maximum atomic E-state index is 12.6. The van der Waals surface area contributed by atoms with Crippen LogP contribution in [0.2, 0.25) is 0 Å². The van der Waals surface area contributed by atoms with Gasteiger partial charge in [-0.1, -0.05) is 6.07 Å². The highest BCUT2D eigenvalue weighted by Gasteiger charge is 2.15. The first-order valence-electron chi connectivity index (χ1n) is 8.22. The molecule has 9 heteroatoms. The predicted molar refractivity (Wildman–Crippen MR) is 105 cm³/mol. The quantitative estimate of drug-likeness (QED) is 0.472. The third-order valence-corrected chi connectivity index (χ3v) is 4.60. The van der Waals surface area contributed by atoms with E-state index in [0.29, 0.717) is 28.3 Å². The van der Waals surface area contributed by atoms with Crippen LogP contribution in [0.1, 0.15) is 21.6 Å². The van der Waals surface area contributed by atoms with Gasteiger partial charge in [-0.2, -0.15) is 0 Å². The Morgan fingerprint density at radius 3 is 2.75 bits per heavy atom. The highest BCUT2D eigenvalue weighted by Crippen LogP contribution is 2.30. The Hall–Kier alpha value is -3.46. The van der Waals surface area contributed by atoms with Gasteiger partial charge in [0.1, 0.15) is 6.61 Å². The predicted octanol–water partition coefficient (Wildman–Crippen LogP) is 4.20. The van der Waals surface area contributed by atoms with Gasteiger partial charge in [0.25, 0.3) is 11.6 Å². The molecule has 0 bridgehead atoms. The summed E-state index contributed by atoms with van der Waals surface area (Å²) in [6.07, 6.45) is 0. The zero-order chi connectivity index (χ0) is 20.1. The molecule has 1 N–H and O–H groups in total. The van der Waals surface area contributed by atoms with E-state index in [1.165, 1.54) is 30.6 Å². The molecule has 0 radical (unpaired) electrons. The second kappa shape index (κ2) is 8.49. The summed E-state index contributed by atoms with van der Waals surface area (Å²) in [7, 11) is 1.48. The van der Waals surface area contributed by atoms with Crippen LogP contribution in [0.25, 0.3) is 0 Å². The van der Waals surface area contributed by atoms with E-state index in [4.69, 9.17) is 9.47 Å². The smallest absolute Gasteiger partial charge is 0.271 e. The van der Waals surface area contributed by atoms with Crippen molar-refractivity contribution in [2.75, 3.05) is 12.4 Å². The summed E-state index contributed by atoms with van der Waals surface area (Å²) in [5.74, 6) is 0.477. The highest BCUT2D eigenvalue weighted by atomic mass is 32.1. The van der Waals surface area contributed by atoms with E-state index in [2.05, 4.69) is 10.3 Å². The summed E-state index contributed by atoms with van der Waals surface area (Å²) in [5.41, 5.74) is 3.86. The molecule has 0 aliphatic rings. The van der Waals surface area contributed by atoms with E-state index in [1.807, 2.05) is 5.38 Å². The topological polar surface area (TPSA) is 104 Å². The van der Waals surface area contributed by atoms with Gasteiger partial charge in [-0.3, -0.25) is 14.9 Å². The van der Waals surface area contributed by atoms with E-state index < -0.39 is 10.8 Å². The van der Waals surface area contributed by atoms with Crippen LogP contribution in [-0.4, -0.2) is 22.9 Å². The van der Waals surface area contributed by atoms with Crippen LogP contribution in [0.5, 0.6) is 11.5 Å². The number of ether oxygens (including phenoxy) is 2. The first-order valence-corrected chi connectivity index (χ1v) is 9.16. The maximum absolute atomic E-state index is 12.6. The van der Waals surface area contributed by atoms with Crippen molar-refractivity contribution in [3.8, 4) is 11.5 Å². The molecule has 0 saturated heterocycles. The number of nitrogens with zero attached hydrogens (tertiary/aromatic N) is 2. The van der Waals surface area contributed by atoms with Crippen LogP contribution >= 0.6 is 11.3 Å². The number of carbonyl (C=O) groups is 1. The van der Waals surface area contributed by atoms with Crippen molar-refractivity contribution in [1.29, 1.82) is 0 Å². The Bertz CT molecular complexity index is 1000. The Kier molecular flexibility index (Phi) is 5.85. The number of anilines is 1. The molecule has 1 amide bonds. The molecule has 0 unspecified atom stereocenters. The number of aromatic nitrogens is 1. The van der Waals surface area contributed by atoms with E-state index >= 15 is 0 Å². The monoisotopic (exact) mass is 399 g/mol. The number of amides is 1. The normalized spacial score (nSPS) is 10.4. The lowest BCUT2D eigenvalue weighted by Crippen LogP contribution is -2.13. The Balaban J connectivity index is 1.77. The number of hydrogen-bond acceptors (Lipinski definition) is 7. The molecule has 0 saturated carbocycles. The van der Waals surface area contributed by atoms with Gasteiger partial charge in [0, 0.05) is 23.1 Å². The van der Waals surface area contributed by atoms with Gasteiger partial charge >= 0.3 is 0 Å². The summed E-state index contributed by atoms with van der Waals surface area (Å²) in [6.45, 7) is 2.05. The highest BCUT2D eigenvalue weighted by molar-refractivity contribution is 7.07. The number of benzene rings is 2. The fourth-order valence-electron chi connectivity index (χ4n) is 2.44. The van der Waals surface area contributed by atoms with Gasteiger partial charge in [0.15, 0.2) is 11.5 Å². The molecule has 0 atom stereocenters. The zero-order valence-corrected chi connectivity index (χ0v) is 16.0. The molecule has 3 rings (SSSR count).